The number of hydrogen-bond acceptors (Lipinski definition) is 2. The van der Waals surface area contributed by atoms with E-state index in [9.17, 15) is 4.79 Å². The first-order valence-electron chi connectivity index (χ1n) is 5.66. The van der Waals surface area contributed by atoms with Crippen LogP contribution in [0.5, 0.6) is 0 Å². The first kappa shape index (κ1) is 12.7. The first-order valence-corrected chi connectivity index (χ1v) is 6.42. The van der Waals surface area contributed by atoms with Gasteiger partial charge in [0.1, 0.15) is 0 Å². The molecule has 0 radical (unpaired) electrons. The van der Waals surface area contributed by atoms with E-state index in [-0.39, 0.29) is 11.9 Å². The lowest BCUT2D eigenvalue weighted by Crippen LogP contribution is -2.43. The molecule has 1 fully saturated rings. The maximum Gasteiger partial charge on any atom is 0.241 e. The van der Waals surface area contributed by atoms with Crippen molar-refractivity contribution in [3.8, 4) is 0 Å². The van der Waals surface area contributed by atoms with E-state index in [4.69, 9.17) is 23.2 Å². The fourth-order valence-electron chi connectivity index (χ4n) is 1.89. The third kappa shape index (κ3) is 3.35. The Balaban J connectivity index is 2.04. The van der Waals surface area contributed by atoms with Gasteiger partial charge >= 0.3 is 0 Å². The summed E-state index contributed by atoms with van der Waals surface area (Å²) >= 11 is 11.8. The molecule has 0 spiro atoms. The molecule has 0 aromatic heterocycles. The molecule has 1 atom stereocenters. The number of carbonyl (C=O) groups excluding carboxylic acids is 1. The Kier molecular flexibility index (Phi) is 4.26. The van der Waals surface area contributed by atoms with Crippen LogP contribution in [0.1, 0.15) is 19.3 Å². The molecule has 5 heteroatoms. The van der Waals surface area contributed by atoms with Crippen molar-refractivity contribution in [2.75, 3.05) is 11.9 Å². The zero-order chi connectivity index (χ0) is 12.3. The lowest BCUT2D eigenvalue weighted by molar-refractivity contribution is -0.118. The first-order chi connectivity index (χ1) is 8.16. The maximum atomic E-state index is 12.0. The predicted octanol–water partition coefficient (Wildman–Crippen LogP) is 3.07. The second-order valence-electron chi connectivity index (χ2n) is 4.12. The van der Waals surface area contributed by atoms with E-state index in [0.29, 0.717) is 15.7 Å². The van der Waals surface area contributed by atoms with Gasteiger partial charge in [-0.2, -0.15) is 0 Å². The lowest BCUT2D eigenvalue weighted by atomic mass is 10.0. The van der Waals surface area contributed by atoms with Crippen molar-refractivity contribution in [3.63, 3.8) is 0 Å². The highest BCUT2D eigenvalue weighted by Gasteiger charge is 2.20. The Labute approximate surface area is 110 Å². The van der Waals surface area contributed by atoms with Gasteiger partial charge in [-0.3, -0.25) is 4.79 Å². The summed E-state index contributed by atoms with van der Waals surface area (Å²) in [6.07, 6.45) is 3.07. The number of carbonyl (C=O) groups is 1. The minimum absolute atomic E-state index is 0.0473. The van der Waals surface area contributed by atoms with Crippen molar-refractivity contribution < 1.29 is 4.79 Å². The summed E-state index contributed by atoms with van der Waals surface area (Å²) in [5.41, 5.74) is 0.566. The molecular formula is C12H14Cl2N2O. The molecule has 2 rings (SSSR count). The van der Waals surface area contributed by atoms with E-state index in [2.05, 4.69) is 10.6 Å². The summed E-state index contributed by atoms with van der Waals surface area (Å²) in [6.45, 7) is 0.890. The Morgan fingerprint density at radius 3 is 2.88 bits per heavy atom. The van der Waals surface area contributed by atoms with Crippen LogP contribution in [0, 0.1) is 0 Å². The van der Waals surface area contributed by atoms with E-state index in [0.717, 1.165) is 25.8 Å². The minimum Gasteiger partial charge on any atom is -0.323 e. The van der Waals surface area contributed by atoms with E-state index in [1.54, 1.807) is 18.2 Å². The molecule has 0 saturated carbocycles. The molecule has 1 aliphatic rings. The van der Waals surface area contributed by atoms with Crippen molar-refractivity contribution in [1.29, 1.82) is 0 Å². The van der Waals surface area contributed by atoms with Crippen LogP contribution in [-0.4, -0.2) is 18.5 Å². The number of anilines is 1. The fraction of sp³-hybridized carbons (Fsp3) is 0.417. The standard InChI is InChI=1S/C12H14Cl2N2O/c13-8-4-5-9(14)11(7-8)16-12(17)10-3-1-2-6-15-10/h4-5,7,10,15H,1-3,6H2,(H,16,17)/t10-/m0/s1. The van der Waals surface area contributed by atoms with Crippen LogP contribution < -0.4 is 10.6 Å². The SMILES string of the molecule is O=C(Nc1cc(Cl)ccc1Cl)[C@@H]1CCCCN1. The smallest absolute Gasteiger partial charge is 0.241 e. The van der Waals surface area contributed by atoms with E-state index in [1.807, 2.05) is 0 Å². The van der Waals surface area contributed by atoms with Gasteiger partial charge in [0, 0.05) is 5.02 Å². The average molecular weight is 273 g/mol. The highest BCUT2D eigenvalue weighted by Crippen LogP contribution is 2.25. The van der Waals surface area contributed by atoms with Gasteiger partial charge in [0.05, 0.1) is 16.8 Å². The second kappa shape index (κ2) is 5.71. The number of halogens is 2. The zero-order valence-corrected chi connectivity index (χ0v) is 10.8. The third-order valence-corrected chi connectivity index (χ3v) is 3.38. The van der Waals surface area contributed by atoms with E-state index >= 15 is 0 Å². The normalized spacial score (nSPS) is 20.0. The van der Waals surface area contributed by atoms with Crippen LogP contribution in [0.4, 0.5) is 5.69 Å². The topological polar surface area (TPSA) is 41.1 Å². The average Bonchev–Trinajstić information content (AvgIpc) is 2.35. The van der Waals surface area contributed by atoms with Gasteiger partial charge in [-0.25, -0.2) is 0 Å². The molecule has 1 saturated heterocycles. The molecule has 0 aliphatic carbocycles. The summed E-state index contributed by atoms with van der Waals surface area (Å²) < 4.78 is 0. The Morgan fingerprint density at radius 2 is 2.18 bits per heavy atom. The van der Waals surface area contributed by atoms with E-state index < -0.39 is 0 Å². The largest absolute Gasteiger partial charge is 0.323 e. The van der Waals surface area contributed by atoms with Crippen LogP contribution >= 0.6 is 23.2 Å². The molecule has 1 aliphatic heterocycles. The van der Waals surface area contributed by atoms with Gasteiger partial charge in [-0.1, -0.05) is 29.6 Å². The Hall–Kier alpha value is -0.770. The van der Waals surface area contributed by atoms with Crippen LogP contribution in [-0.2, 0) is 4.79 Å². The third-order valence-electron chi connectivity index (χ3n) is 2.81. The van der Waals surface area contributed by atoms with Crippen molar-refractivity contribution in [2.45, 2.75) is 25.3 Å². The fourth-order valence-corrected chi connectivity index (χ4v) is 2.23. The molecule has 1 amide bonds. The van der Waals surface area contributed by atoms with Crippen molar-refractivity contribution in [2.24, 2.45) is 0 Å². The van der Waals surface area contributed by atoms with Gasteiger partial charge in [0.15, 0.2) is 0 Å². The van der Waals surface area contributed by atoms with Crippen molar-refractivity contribution in [3.05, 3.63) is 28.2 Å². The van der Waals surface area contributed by atoms with Gasteiger partial charge in [-0.15, -0.1) is 0 Å². The summed E-state index contributed by atoms with van der Waals surface area (Å²) in [4.78, 5) is 12.0. The van der Waals surface area contributed by atoms with Crippen molar-refractivity contribution >= 4 is 34.8 Å². The summed E-state index contributed by atoms with van der Waals surface area (Å²) in [5, 5.41) is 7.04. The maximum absolute atomic E-state index is 12.0. The van der Waals surface area contributed by atoms with E-state index in [1.165, 1.54) is 0 Å². The summed E-state index contributed by atoms with van der Waals surface area (Å²) in [6, 6.07) is 4.90. The minimum atomic E-state index is -0.126. The molecule has 3 nitrogen and oxygen atoms in total. The number of piperidine rings is 1. The van der Waals surface area contributed by atoms with Crippen LogP contribution in [0.3, 0.4) is 0 Å². The number of hydrogen-bond donors (Lipinski definition) is 2. The molecular weight excluding hydrogens is 259 g/mol. The highest BCUT2D eigenvalue weighted by atomic mass is 35.5. The number of nitrogens with one attached hydrogen (secondary N) is 2. The molecule has 1 aromatic carbocycles. The Bertz CT molecular complexity index is 417. The quantitative estimate of drug-likeness (QED) is 0.869. The van der Waals surface area contributed by atoms with Gasteiger partial charge in [0.2, 0.25) is 5.91 Å². The number of amides is 1. The van der Waals surface area contributed by atoms with Gasteiger partial charge < -0.3 is 10.6 Å². The molecule has 1 aromatic rings. The molecule has 0 bridgehead atoms. The Morgan fingerprint density at radius 1 is 1.35 bits per heavy atom. The van der Waals surface area contributed by atoms with Crippen LogP contribution in [0.2, 0.25) is 10.0 Å². The molecule has 1 heterocycles. The van der Waals surface area contributed by atoms with Crippen LogP contribution in [0.15, 0.2) is 18.2 Å². The molecule has 92 valence electrons. The van der Waals surface area contributed by atoms with Crippen LogP contribution in [0.25, 0.3) is 0 Å². The van der Waals surface area contributed by atoms with Gasteiger partial charge in [0.25, 0.3) is 0 Å². The summed E-state index contributed by atoms with van der Waals surface area (Å²) in [7, 11) is 0. The number of benzene rings is 1. The molecule has 17 heavy (non-hydrogen) atoms. The van der Waals surface area contributed by atoms with Gasteiger partial charge in [-0.05, 0) is 37.6 Å². The molecule has 0 unspecified atom stereocenters. The summed E-state index contributed by atoms with van der Waals surface area (Å²) in [5.74, 6) is -0.0473. The number of rotatable bonds is 2. The molecule has 2 N–H and O–H groups in total. The monoisotopic (exact) mass is 272 g/mol. The predicted molar refractivity (Wildman–Crippen MR) is 70.7 cm³/mol. The second-order valence-corrected chi connectivity index (χ2v) is 4.96. The highest BCUT2D eigenvalue weighted by molar-refractivity contribution is 6.35. The van der Waals surface area contributed by atoms with Crippen molar-refractivity contribution in [1.82, 2.24) is 5.32 Å². The lowest BCUT2D eigenvalue weighted by Gasteiger charge is -2.22. The zero-order valence-electron chi connectivity index (χ0n) is 9.30.